The van der Waals surface area contributed by atoms with Crippen LogP contribution in [0.3, 0.4) is 0 Å². The van der Waals surface area contributed by atoms with Crippen LogP contribution in [0.4, 0.5) is 10.7 Å². The van der Waals surface area contributed by atoms with Gasteiger partial charge in [0.25, 0.3) is 5.91 Å². The van der Waals surface area contributed by atoms with Crippen molar-refractivity contribution in [1.29, 1.82) is 0 Å². The number of anilines is 2. The van der Waals surface area contributed by atoms with Crippen molar-refractivity contribution in [3.05, 3.63) is 40.3 Å². The summed E-state index contributed by atoms with van der Waals surface area (Å²) < 4.78 is 5.29. The van der Waals surface area contributed by atoms with E-state index in [1.165, 1.54) is 11.3 Å². The summed E-state index contributed by atoms with van der Waals surface area (Å²) >= 11 is 1.57. The summed E-state index contributed by atoms with van der Waals surface area (Å²) in [6.45, 7) is 2.22. The molecule has 5 heteroatoms. The molecule has 2 aromatic rings. The van der Waals surface area contributed by atoms with Crippen LogP contribution in [0.15, 0.2) is 24.3 Å². The molecule has 0 unspecified atom stereocenters. The lowest BCUT2D eigenvalue weighted by molar-refractivity contribution is 0.102. The Bertz CT molecular complexity index is 724. The summed E-state index contributed by atoms with van der Waals surface area (Å²) in [5.41, 5.74) is 8.63. The molecule has 1 aromatic carbocycles. The second-order valence-electron chi connectivity index (χ2n) is 5.91. The number of ether oxygens (including phenoxy) is 1. The number of hydrogen-bond acceptors (Lipinski definition) is 4. The highest BCUT2D eigenvalue weighted by Gasteiger charge is 2.27. The molecule has 4 nitrogen and oxygen atoms in total. The zero-order valence-corrected chi connectivity index (χ0v) is 14.3. The van der Waals surface area contributed by atoms with E-state index in [1.54, 1.807) is 18.4 Å². The molecule has 1 amide bonds. The summed E-state index contributed by atoms with van der Waals surface area (Å²) in [7, 11) is 1.59. The maximum Gasteiger partial charge on any atom is 0.259 e. The van der Waals surface area contributed by atoms with Crippen LogP contribution in [0.5, 0.6) is 5.75 Å². The van der Waals surface area contributed by atoms with Crippen LogP contribution in [-0.2, 0) is 12.8 Å². The van der Waals surface area contributed by atoms with Crippen molar-refractivity contribution in [2.45, 2.75) is 32.6 Å². The average molecular weight is 330 g/mol. The number of carbonyl (C=O) groups excluding carboxylic acids is 1. The second-order valence-corrected chi connectivity index (χ2v) is 7.05. The molecule has 122 valence electrons. The van der Waals surface area contributed by atoms with Gasteiger partial charge in [-0.1, -0.05) is 25.5 Å². The maximum atomic E-state index is 12.7. The molecule has 0 fully saturated rings. The molecular weight excluding hydrogens is 308 g/mol. The second kappa shape index (κ2) is 6.62. The number of nitrogens with one attached hydrogen (secondary N) is 1. The van der Waals surface area contributed by atoms with E-state index in [0.29, 0.717) is 27.9 Å². The van der Waals surface area contributed by atoms with Crippen molar-refractivity contribution in [1.82, 2.24) is 0 Å². The smallest absolute Gasteiger partial charge is 0.259 e. The van der Waals surface area contributed by atoms with Crippen LogP contribution in [0.2, 0.25) is 0 Å². The molecule has 3 rings (SSSR count). The number of rotatable bonds is 4. The van der Waals surface area contributed by atoms with E-state index in [4.69, 9.17) is 10.5 Å². The van der Waals surface area contributed by atoms with Gasteiger partial charge in [0.2, 0.25) is 0 Å². The maximum absolute atomic E-state index is 12.7. The van der Waals surface area contributed by atoms with Crippen LogP contribution >= 0.6 is 11.3 Å². The predicted molar refractivity (Wildman–Crippen MR) is 95.5 cm³/mol. The van der Waals surface area contributed by atoms with Crippen LogP contribution in [0.1, 0.15) is 40.6 Å². The number of thiophene rings is 1. The Morgan fingerprint density at radius 2 is 2.22 bits per heavy atom. The van der Waals surface area contributed by atoms with Crippen molar-refractivity contribution in [2.75, 3.05) is 18.2 Å². The van der Waals surface area contributed by atoms with Crippen molar-refractivity contribution in [2.24, 2.45) is 5.92 Å². The van der Waals surface area contributed by atoms with E-state index in [-0.39, 0.29) is 5.91 Å². The number of amides is 1. The molecule has 1 atom stereocenters. The van der Waals surface area contributed by atoms with Gasteiger partial charge in [0, 0.05) is 4.88 Å². The van der Waals surface area contributed by atoms with Gasteiger partial charge in [-0.05, 0) is 42.9 Å². The Kier molecular flexibility index (Phi) is 4.57. The Balaban J connectivity index is 1.87. The van der Waals surface area contributed by atoms with Crippen LogP contribution in [-0.4, -0.2) is 13.0 Å². The highest BCUT2D eigenvalue weighted by molar-refractivity contribution is 7.16. The standard InChI is InChI=1S/C18H22N2O2S/c1-3-11-8-9-12-15(10-11)23-17(19)16(12)18(21)20-13-6-4-5-7-14(13)22-2/h4-7,11H,3,8-10,19H2,1-2H3,(H,20,21)/t11-/m1/s1. The third kappa shape index (κ3) is 3.06. The molecule has 0 spiro atoms. The number of benzene rings is 1. The van der Waals surface area contributed by atoms with Crippen molar-refractivity contribution < 1.29 is 9.53 Å². The van der Waals surface area contributed by atoms with Gasteiger partial charge in [-0.15, -0.1) is 11.3 Å². The van der Waals surface area contributed by atoms with Crippen molar-refractivity contribution >= 4 is 27.9 Å². The van der Waals surface area contributed by atoms with E-state index in [9.17, 15) is 4.79 Å². The number of para-hydroxylation sites is 2. The lowest BCUT2D eigenvalue weighted by Crippen LogP contribution is -2.18. The first kappa shape index (κ1) is 15.9. The Labute approximate surface area is 140 Å². The molecule has 3 N–H and O–H groups in total. The van der Waals surface area contributed by atoms with Gasteiger partial charge < -0.3 is 15.8 Å². The van der Waals surface area contributed by atoms with E-state index in [1.807, 2.05) is 24.3 Å². The van der Waals surface area contributed by atoms with Crippen LogP contribution in [0.25, 0.3) is 0 Å². The summed E-state index contributed by atoms with van der Waals surface area (Å²) in [5, 5.41) is 3.57. The van der Waals surface area contributed by atoms with E-state index in [0.717, 1.165) is 24.8 Å². The minimum Gasteiger partial charge on any atom is -0.495 e. The van der Waals surface area contributed by atoms with E-state index < -0.39 is 0 Å². The number of fused-ring (bicyclic) bond motifs is 1. The SMILES string of the molecule is CC[C@@H]1CCc2c(sc(N)c2C(=O)Nc2ccccc2OC)C1. The molecule has 23 heavy (non-hydrogen) atoms. The Hall–Kier alpha value is -2.01. The zero-order valence-electron chi connectivity index (χ0n) is 13.5. The Morgan fingerprint density at radius 1 is 1.43 bits per heavy atom. The third-order valence-electron chi connectivity index (χ3n) is 4.55. The summed E-state index contributed by atoms with van der Waals surface area (Å²) in [6.07, 6.45) is 4.30. The molecule has 0 aliphatic heterocycles. The first-order valence-corrected chi connectivity index (χ1v) is 8.80. The van der Waals surface area contributed by atoms with Crippen LogP contribution < -0.4 is 15.8 Å². The first-order valence-electron chi connectivity index (χ1n) is 7.98. The molecule has 0 bridgehead atoms. The van der Waals surface area contributed by atoms with Crippen molar-refractivity contribution in [3.8, 4) is 5.75 Å². The van der Waals surface area contributed by atoms with Gasteiger partial charge >= 0.3 is 0 Å². The number of nitrogens with two attached hydrogens (primary N) is 1. The quantitative estimate of drug-likeness (QED) is 0.887. The minimum absolute atomic E-state index is 0.139. The van der Waals surface area contributed by atoms with Gasteiger partial charge in [0.05, 0.1) is 23.4 Å². The molecule has 1 aliphatic carbocycles. The van der Waals surface area contributed by atoms with E-state index in [2.05, 4.69) is 12.2 Å². The lowest BCUT2D eigenvalue weighted by atomic mass is 9.85. The highest BCUT2D eigenvalue weighted by atomic mass is 32.1. The van der Waals surface area contributed by atoms with Crippen molar-refractivity contribution in [3.63, 3.8) is 0 Å². The fourth-order valence-electron chi connectivity index (χ4n) is 3.21. The lowest BCUT2D eigenvalue weighted by Gasteiger charge is -2.21. The number of hydrogen-bond donors (Lipinski definition) is 2. The molecule has 1 heterocycles. The molecule has 0 saturated heterocycles. The highest BCUT2D eigenvalue weighted by Crippen LogP contribution is 2.39. The molecule has 0 saturated carbocycles. The van der Waals surface area contributed by atoms with E-state index >= 15 is 0 Å². The van der Waals surface area contributed by atoms with Crippen LogP contribution in [0, 0.1) is 5.92 Å². The van der Waals surface area contributed by atoms with Gasteiger partial charge in [0.15, 0.2) is 0 Å². The summed E-state index contributed by atoms with van der Waals surface area (Å²) in [5.74, 6) is 1.22. The number of methoxy groups -OCH3 is 1. The summed E-state index contributed by atoms with van der Waals surface area (Å²) in [6, 6.07) is 7.41. The minimum atomic E-state index is -0.139. The molecule has 0 radical (unpaired) electrons. The zero-order chi connectivity index (χ0) is 16.4. The average Bonchev–Trinajstić information content (AvgIpc) is 2.90. The molecular formula is C18H22N2O2S. The Morgan fingerprint density at radius 3 is 2.96 bits per heavy atom. The fourth-order valence-corrected chi connectivity index (χ4v) is 4.44. The normalized spacial score (nSPS) is 16.7. The van der Waals surface area contributed by atoms with Gasteiger partial charge in [-0.3, -0.25) is 4.79 Å². The molecule has 1 aliphatic rings. The summed E-state index contributed by atoms with van der Waals surface area (Å²) in [4.78, 5) is 14.0. The largest absolute Gasteiger partial charge is 0.495 e. The number of nitrogen functional groups attached to an aromatic ring is 1. The third-order valence-corrected chi connectivity index (χ3v) is 5.64. The van der Waals surface area contributed by atoms with Gasteiger partial charge in [-0.25, -0.2) is 0 Å². The molecule has 1 aromatic heterocycles. The topological polar surface area (TPSA) is 64.4 Å². The number of carbonyl (C=O) groups is 1. The van der Waals surface area contributed by atoms with Gasteiger partial charge in [0.1, 0.15) is 5.75 Å². The first-order chi connectivity index (χ1) is 11.1. The fraction of sp³-hybridized carbons (Fsp3) is 0.389. The predicted octanol–water partition coefficient (Wildman–Crippen LogP) is 4.11. The van der Waals surface area contributed by atoms with Gasteiger partial charge in [-0.2, -0.15) is 0 Å². The monoisotopic (exact) mass is 330 g/mol.